The van der Waals surface area contributed by atoms with Crippen LogP contribution in [0, 0.1) is 0 Å². The van der Waals surface area contributed by atoms with Gasteiger partial charge in [0.2, 0.25) is 0 Å². The Labute approximate surface area is 195 Å². The number of rotatable bonds is 24. The zero-order chi connectivity index (χ0) is 22.4. The lowest BCUT2D eigenvalue weighted by Crippen LogP contribution is -1.97. The van der Waals surface area contributed by atoms with Crippen LogP contribution in [0.25, 0.3) is 0 Å². The van der Waals surface area contributed by atoms with E-state index in [2.05, 4.69) is 27.7 Å². The predicted molar refractivity (Wildman–Crippen MR) is 144 cm³/mol. The maximum absolute atomic E-state index is 5.65. The minimum atomic E-state index is 0.987. The molecule has 0 spiro atoms. The predicted octanol–water partition coefficient (Wildman–Crippen LogP) is 10.5. The highest BCUT2D eigenvalue weighted by Gasteiger charge is 1.93. The van der Waals surface area contributed by atoms with Gasteiger partial charge in [0.25, 0.3) is 0 Å². The highest BCUT2D eigenvalue weighted by molar-refractivity contribution is 7.37. The topological polar surface area (TPSA) is 9.23 Å². The SMILES string of the molecule is CCCCCCCCOCCCCCCCC.CCCCCCPCCCCCC. The standard InChI is InChI=1S/C16H34O.C12H27P/c1-3-5-7-9-11-13-15-17-16-14-12-10-8-6-4-2;1-3-5-7-9-11-13-12-10-8-6-4-2/h3-16H2,1-2H3;13H,3-12H2,1-2H3. The summed E-state index contributed by atoms with van der Waals surface area (Å²) in [5, 5.41) is 0. The first-order chi connectivity index (χ1) is 14.8. The second-order valence-corrected chi connectivity index (χ2v) is 10.5. The van der Waals surface area contributed by atoms with E-state index in [1.165, 1.54) is 149 Å². The van der Waals surface area contributed by atoms with Gasteiger partial charge >= 0.3 is 0 Å². The van der Waals surface area contributed by atoms with Crippen LogP contribution >= 0.6 is 8.58 Å². The number of ether oxygens (including phenoxy) is 1. The van der Waals surface area contributed by atoms with Crippen molar-refractivity contribution in [3.05, 3.63) is 0 Å². The molecule has 30 heavy (non-hydrogen) atoms. The van der Waals surface area contributed by atoms with E-state index < -0.39 is 0 Å². The van der Waals surface area contributed by atoms with E-state index >= 15 is 0 Å². The second-order valence-electron chi connectivity index (χ2n) is 9.02. The third-order valence-electron chi connectivity index (χ3n) is 5.70. The van der Waals surface area contributed by atoms with Crippen molar-refractivity contribution in [2.45, 2.75) is 156 Å². The summed E-state index contributed by atoms with van der Waals surface area (Å²) in [6.45, 7) is 11.1. The van der Waals surface area contributed by atoms with Gasteiger partial charge in [-0.2, -0.15) is 0 Å². The van der Waals surface area contributed by atoms with Gasteiger partial charge in [-0.1, -0.05) is 130 Å². The fraction of sp³-hybridized carbons (Fsp3) is 1.00. The van der Waals surface area contributed by atoms with Gasteiger partial charge in [0.15, 0.2) is 0 Å². The highest BCUT2D eigenvalue weighted by atomic mass is 31.1. The van der Waals surface area contributed by atoms with Crippen LogP contribution in [0.1, 0.15) is 156 Å². The van der Waals surface area contributed by atoms with Crippen molar-refractivity contribution >= 4 is 8.58 Å². The molecule has 184 valence electrons. The van der Waals surface area contributed by atoms with Crippen LogP contribution in [0.4, 0.5) is 0 Å². The molecule has 0 radical (unpaired) electrons. The summed E-state index contributed by atoms with van der Waals surface area (Å²) in [5.74, 6) is 0. The molecule has 0 aliphatic heterocycles. The van der Waals surface area contributed by atoms with E-state index in [4.69, 9.17) is 4.74 Å². The quantitative estimate of drug-likeness (QED) is 0.106. The summed E-state index contributed by atoms with van der Waals surface area (Å²) < 4.78 is 5.65. The molecule has 0 bridgehead atoms. The molecule has 0 aromatic rings. The number of hydrogen-bond donors (Lipinski definition) is 0. The molecule has 0 saturated carbocycles. The van der Waals surface area contributed by atoms with E-state index in [-0.39, 0.29) is 0 Å². The van der Waals surface area contributed by atoms with Gasteiger partial charge in [0, 0.05) is 13.2 Å². The summed E-state index contributed by atoms with van der Waals surface area (Å²) in [4.78, 5) is 0. The van der Waals surface area contributed by atoms with E-state index in [0.29, 0.717) is 0 Å². The van der Waals surface area contributed by atoms with Gasteiger partial charge in [-0.05, 0) is 38.0 Å². The Morgan fingerprint density at radius 3 is 1.03 bits per heavy atom. The average molecular weight is 445 g/mol. The van der Waals surface area contributed by atoms with Gasteiger partial charge in [-0.25, -0.2) is 0 Å². The van der Waals surface area contributed by atoms with Crippen LogP contribution in [-0.2, 0) is 4.74 Å². The lowest BCUT2D eigenvalue weighted by molar-refractivity contribution is 0.125. The minimum Gasteiger partial charge on any atom is -0.381 e. The van der Waals surface area contributed by atoms with Crippen molar-refractivity contribution in [3.63, 3.8) is 0 Å². The van der Waals surface area contributed by atoms with Gasteiger partial charge < -0.3 is 4.74 Å². The van der Waals surface area contributed by atoms with Gasteiger partial charge in [-0.15, -0.1) is 8.58 Å². The molecule has 2 heteroatoms. The molecule has 0 aromatic heterocycles. The van der Waals surface area contributed by atoms with Crippen LogP contribution in [-0.4, -0.2) is 25.5 Å². The fourth-order valence-electron chi connectivity index (χ4n) is 3.55. The smallest absolute Gasteiger partial charge is 0.0466 e. The zero-order valence-electron chi connectivity index (χ0n) is 21.9. The fourth-order valence-corrected chi connectivity index (χ4v) is 4.80. The lowest BCUT2D eigenvalue weighted by atomic mass is 10.1. The molecule has 0 atom stereocenters. The van der Waals surface area contributed by atoms with Crippen molar-refractivity contribution in [2.24, 2.45) is 0 Å². The zero-order valence-corrected chi connectivity index (χ0v) is 22.9. The largest absolute Gasteiger partial charge is 0.381 e. The minimum absolute atomic E-state index is 0.987. The van der Waals surface area contributed by atoms with Crippen LogP contribution in [0.5, 0.6) is 0 Å². The van der Waals surface area contributed by atoms with E-state index in [1.54, 1.807) is 0 Å². The third-order valence-corrected chi connectivity index (χ3v) is 7.11. The van der Waals surface area contributed by atoms with Gasteiger partial charge in [0.1, 0.15) is 0 Å². The maximum Gasteiger partial charge on any atom is 0.0466 e. The first-order valence-electron chi connectivity index (χ1n) is 14.1. The molecule has 0 fully saturated rings. The van der Waals surface area contributed by atoms with Crippen molar-refractivity contribution in [3.8, 4) is 0 Å². The molecule has 0 aliphatic rings. The molecule has 0 saturated heterocycles. The van der Waals surface area contributed by atoms with Crippen molar-refractivity contribution < 1.29 is 4.74 Å². The van der Waals surface area contributed by atoms with Crippen LogP contribution < -0.4 is 0 Å². The average Bonchev–Trinajstić information content (AvgIpc) is 2.76. The summed E-state index contributed by atoms with van der Waals surface area (Å²) >= 11 is 0. The monoisotopic (exact) mass is 444 g/mol. The maximum atomic E-state index is 5.65. The summed E-state index contributed by atoms with van der Waals surface area (Å²) in [6.07, 6.45) is 30.9. The highest BCUT2D eigenvalue weighted by Crippen LogP contribution is 2.16. The van der Waals surface area contributed by atoms with E-state index in [9.17, 15) is 0 Å². The molecule has 0 aliphatic carbocycles. The van der Waals surface area contributed by atoms with Crippen LogP contribution in [0.15, 0.2) is 0 Å². The molecule has 1 nitrogen and oxygen atoms in total. The molecule has 0 amide bonds. The lowest BCUT2D eigenvalue weighted by Gasteiger charge is -2.04. The molecule has 0 rings (SSSR count). The van der Waals surface area contributed by atoms with Gasteiger partial charge in [-0.3, -0.25) is 0 Å². The molecule has 0 unspecified atom stereocenters. The summed E-state index contributed by atoms with van der Waals surface area (Å²) in [7, 11) is 1.25. The Bertz CT molecular complexity index is 233. The molecule has 0 N–H and O–H groups in total. The molecule has 0 heterocycles. The first kappa shape index (κ1) is 32.6. The first-order valence-corrected chi connectivity index (χ1v) is 15.5. The second kappa shape index (κ2) is 34.0. The molecular formula is C28H61OP. The van der Waals surface area contributed by atoms with E-state index in [0.717, 1.165) is 13.2 Å². The summed E-state index contributed by atoms with van der Waals surface area (Å²) in [6, 6.07) is 0. The van der Waals surface area contributed by atoms with Crippen molar-refractivity contribution in [1.29, 1.82) is 0 Å². The van der Waals surface area contributed by atoms with Crippen LogP contribution in [0.3, 0.4) is 0 Å². The number of hydrogen-bond acceptors (Lipinski definition) is 1. The Kier molecular flexibility index (Phi) is 36.9. The number of unbranched alkanes of at least 4 members (excludes halogenated alkanes) is 16. The van der Waals surface area contributed by atoms with Crippen molar-refractivity contribution in [2.75, 3.05) is 25.5 Å². The molecule has 0 aromatic carbocycles. The summed E-state index contributed by atoms with van der Waals surface area (Å²) in [5.41, 5.74) is 0. The Morgan fingerprint density at radius 2 is 0.667 bits per heavy atom. The molecular weight excluding hydrogens is 383 g/mol. The Balaban J connectivity index is 0. The van der Waals surface area contributed by atoms with Gasteiger partial charge in [0.05, 0.1) is 0 Å². The third kappa shape index (κ3) is 35.8. The van der Waals surface area contributed by atoms with E-state index in [1.807, 2.05) is 0 Å². The van der Waals surface area contributed by atoms with Crippen LogP contribution in [0.2, 0.25) is 0 Å². The Hall–Kier alpha value is 0.390. The van der Waals surface area contributed by atoms with Crippen molar-refractivity contribution in [1.82, 2.24) is 0 Å². The Morgan fingerprint density at radius 1 is 0.367 bits per heavy atom. The normalized spacial score (nSPS) is 10.8.